The molecule has 5 rings (SSSR count). The lowest BCUT2D eigenvalue weighted by Crippen LogP contribution is -1.95. The highest BCUT2D eigenvalue weighted by atomic mass is 32.1. The number of fused-ring (bicyclic) bond motifs is 2. The van der Waals surface area contributed by atoms with E-state index >= 15 is 0 Å². The molecule has 0 aliphatic heterocycles. The van der Waals surface area contributed by atoms with Crippen molar-refractivity contribution < 1.29 is 9.53 Å². The summed E-state index contributed by atoms with van der Waals surface area (Å²) >= 11 is 1.63. The average molecular weight is 425 g/mol. The molecule has 0 unspecified atom stereocenters. The van der Waals surface area contributed by atoms with Gasteiger partial charge in [-0.15, -0.1) is 11.3 Å². The van der Waals surface area contributed by atoms with E-state index in [2.05, 4.69) is 13.1 Å². The van der Waals surface area contributed by atoms with Crippen LogP contribution < -0.4 is 4.74 Å². The van der Waals surface area contributed by atoms with Crippen molar-refractivity contribution in [3.8, 4) is 17.0 Å². The molecule has 0 atom stereocenters. The molecule has 0 N–H and O–H groups in total. The Labute approximate surface area is 184 Å². The van der Waals surface area contributed by atoms with Gasteiger partial charge in [0, 0.05) is 22.2 Å². The van der Waals surface area contributed by atoms with Crippen molar-refractivity contribution in [2.24, 2.45) is 0 Å². The number of hydrogen-bond acceptors (Lipinski definition) is 4. The van der Waals surface area contributed by atoms with Crippen LogP contribution in [0.5, 0.6) is 5.75 Å². The summed E-state index contributed by atoms with van der Waals surface area (Å²) in [5, 5.41) is 2.18. The number of aromatic nitrogens is 2. The molecule has 0 bridgehead atoms. The second kappa shape index (κ2) is 7.85. The molecule has 4 nitrogen and oxygen atoms in total. The summed E-state index contributed by atoms with van der Waals surface area (Å²) in [7, 11) is 1.65. The molecule has 5 aromatic rings. The van der Waals surface area contributed by atoms with E-state index in [9.17, 15) is 4.79 Å². The van der Waals surface area contributed by atoms with E-state index in [0.29, 0.717) is 5.56 Å². The van der Waals surface area contributed by atoms with Crippen molar-refractivity contribution in [2.45, 2.75) is 6.92 Å². The largest absolute Gasteiger partial charge is 0.497 e. The Kier molecular flexibility index (Phi) is 4.88. The number of methoxy groups -OCH3 is 1. The Morgan fingerprint density at radius 2 is 1.81 bits per heavy atom. The number of aryl methyl sites for hydroxylation is 1. The summed E-state index contributed by atoms with van der Waals surface area (Å²) in [6.45, 7) is 2.06. The van der Waals surface area contributed by atoms with Crippen LogP contribution in [0.1, 0.15) is 20.9 Å². The Hall–Kier alpha value is -3.70. The van der Waals surface area contributed by atoms with Crippen molar-refractivity contribution in [3.05, 3.63) is 95.1 Å². The molecular formula is C26H20N2O2S. The lowest BCUT2D eigenvalue weighted by Gasteiger charge is -2.03. The van der Waals surface area contributed by atoms with E-state index in [-0.39, 0.29) is 5.78 Å². The number of imidazole rings is 1. The molecule has 0 saturated heterocycles. The van der Waals surface area contributed by atoms with Gasteiger partial charge >= 0.3 is 0 Å². The highest BCUT2D eigenvalue weighted by Gasteiger charge is 2.15. The third-order valence-electron chi connectivity index (χ3n) is 5.27. The van der Waals surface area contributed by atoms with Gasteiger partial charge in [-0.05, 0) is 60.2 Å². The average Bonchev–Trinajstić information content (AvgIpc) is 3.33. The van der Waals surface area contributed by atoms with Gasteiger partial charge in [0.05, 0.1) is 18.5 Å². The second-order valence-corrected chi connectivity index (χ2v) is 8.54. The third kappa shape index (κ3) is 3.64. The predicted molar refractivity (Wildman–Crippen MR) is 127 cm³/mol. The minimum Gasteiger partial charge on any atom is -0.497 e. The molecule has 5 heteroatoms. The van der Waals surface area contributed by atoms with Gasteiger partial charge < -0.3 is 4.74 Å². The lowest BCUT2D eigenvalue weighted by atomic mass is 10.0. The lowest BCUT2D eigenvalue weighted by molar-refractivity contribution is 0.104. The molecule has 0 aliphatic carbocycles. The topological polar surface area (TPSA) is 43.6 Å². The van der Waals surface area contributed by atoms with E-state index in [1.165, 1.54) is 4.88 Å². The smallest absolute Gasteiger partial charge is 0.194 e. The summed E-state index contributed by atoms with van der Waals surface area (Å²) in [5.74, 6) is 0.762. The van der Waals surface area contributed by atoms with E-state index in [1.807, 2.05) is 77.2 Å². The predicted octanol–water partition coefficient (Wildman–Crippen LogP) is 6.43. The number of ether oxygens (including phenoxy) is 1. The number of thiazole rings is 1. The quantitative estimate of drug-likeness (QED) is 0.241. The molecule has 2 aromatic heterocycles. The first-order chi connectivity index (χ1) is 15.1. The van der Waals surface area contributed by atoms with Gasteiger partial charge in [-0.25, -0.2) is 4.98 Å². The maximum absolute atomic E-state index is 12.9. The zero-order valence-electron chi connectivity index (χ0n) is 17.2. The van der Waals surface area contributed by atoms with Crippen molar-refractivity contribution in [2.75, 3.05) is 7.11 Å². The maximum atomic E-state index is 12.9. The van der Waals surface area contributed by atoms with Crippen LogP contribution in [0.3, 0.4) is 0 Å². The normalized spacial score (nSPS) is 11.5. The summed E-state index contributed by atoms with van der Waals surface area (Å²) in [4.78, 5) is 19.8. The van der Waals surface area contributed by atoms with Crippen LogP contribution in [0.4, 0.5) is 0 Å². The molecule has 0 saturated carbocycles. The fourth-order valence-electron chi connectivity index (χ4n) is 3.69. The standard InChI is InChI=1S/C26H20N2O2S/c1-17-16-28-23(25(27-26(28)31-17)19-9-11-22(30-2)12-10-19)13-14-24(29)21-8-7-18-5-3-4-6-20(18)15-21/h3-16H,1-2H3. The molecule has 0 aliphatic rings. The van der Waals surface area contributed by atoms with Crippen molar-refractivity contribution in [3.63, 3.8) is 0 Å². The van der Waals surface area contributed by atoms with Crippen LogP contribution in [0.15, 0.2) is 79.0 Å². The Bertz CT molecular complexity index is 1440. The monoisotopic (exact) mass is 424 g/mol. The van der Waals surface area contributed by atoms with Crippen LogP contribution in [-0.4, -0.2) is 22.3 Å². The van der Waals surface area contributed by atoms with Gasteiger partial charge in [0.15, 0.2) is 10.7 Å². The molecule has 0 amide bonds. The number of hydrogen-bond donors (Lipinski definition) is 0. The number of carbonyl (C=O) groups excluding carboxylic acids is 1. The molecule has 2 heterocycles. The summed E-state index contributed by atoms with van der Waals surface area (Å²) < 4.78 is 7.32. The fraction of sp³-hybridized carbons (Fsp3) is 0.0769. The van der Waals surface area contributed by atoms with Gasteiger partial charge in [-0.1, -0.05) is 36.4 Å². The zero-order valence-corrected chi connectivity index (χ0v) is 18.0. The van der Waals surface area contributed by atoms with Crippen LogP contribution in [0.2, 0.25) is 0 Å². The Balaban J connectivity index is 1.54. The second-order valence-electron chi connectivity index (χ2n) is 7.33. The Morgan fingerprint density at radius 3 is 2.58 bits per heavy atom. The number of carbonyl (C=O) groups is 1. The molecule has 0 radical (unpaired) electrons. The molecule has 31 heavy (non-hydrogen) atoms. The van der Waals surface area contributed by atoms with Crippen LogP contribution in [0.25, 0.3) is 33.1 Å². The number of allylic oxidation sites excluding steroid dienone is 1. The molecular weight excluding hydrogens is 404 g/mol. The fourth-order valence-corrected chi connectivity index (χ4v) is 4.52. The van der Waals surface area contributed by atoms with E-state index in [1.54, 1.807) is 24.5 Å². The van der Waals surface area contributed by atoms with Gasteiger partial charge in [-0.3, -0.25) is 9.20 Å². The molecule has 152 valence electrons. The van der Waals surface area contributed by atoms with E-state index in [4.69, 9.17) is 9.72 Å². The van der Waals surface area contributed by atoms with Crippen molar-refractivity contribution in [1.29, 1.82) is 0 Å². The number of benzene rings is 3. The number of ketones is 1. The van der Waals surface area contributed by atoms with E-state index in [0.717, 1.165) is 38.4 Å². The maximum Gasteiger partial charge on any atom is 0.194 e. The van der Waals surface area contributed by atoms with Gasteiger partial charge in [-0.2, -0.15) is 0 Å². The molecule has 3 aromatic carbocycles. The summed E-state index contributed by atoms with van der Waals surface area (Å²) in [6, 6.07) is 21.7. The summed E-state index contributed by atoms with van der Waals surface area (Å²) in [5.41, 5.74) is 3.38. The highest BCUT2D eigenvalue weighted by molar-refractivity contribution is 7.17. The van der Waals surface area contributed by atoms with Gasteiger partial charge in [0.2, 0.25) is 0 Å². The van der Waals surface area contributed by atoms with Crippen LogP contribution >= 0.6 is 11.3 Å². The zero-order chi connectivity index (χ0) is 21.4. The first-order valence-electron chi connectivity index (χ1n) is 9.96. The van der Waals surface area contributed by atoms with Crippen LogP contribution in [-0.2, 0) is 0 Å². The number of nitrogens with zero attached hydrogens (tertiary/aromatic N) is 2. The summed E-state index contributed by atoms with van der Waals surface area (Å²) in [6.07, 6.45) is 5.55. The highest BCUT2D eigenvalue weighted by Crippen LogP contribution is 2.30. The Morgan fingerprint density at radius 1 is 1.03 bits per heavy atom. The van der Waals surface area contributed by atoms with Crippen molar-refractivity contribution in [1.82, 2.24) is 9.38 Å². The van der Waals surface area contributed by atoms with Crippen molar-refractivity contribution >= 4 is 38.9 Å². The third-order valence-corrected chi connectivity index (χ3v) is 6.17. The van der Waals surface area contributed by atoms with Gasteiger partial charge in [0.1, 0.15) is 5.75 Å². The minimum atomic E-state index is -0.0339. The molecule has 0 spiro atoms. The van der Waals surface area contributed by atoms with Gasteiger partial charge in [0.25, 0.3) is 0 Å². The SMILES string of the molecule is COc1ccc(-c2nc3sc(C)cn3c2C=CC(=O)c2ccc3ccccc3c2)cc1. The minimum absolute atomic E-state index is 0.0339. The molecule has 0 fully saturated rings. The first-order valence-corrected chi connectivity index (χ1v) is 10.8. The van der Waals surface area contributed by atoms with Crippen LogP contribution in [0, 0.1) is 6.92 Å². The number of rotatable bonds is 5. The first kappa shape index (κ1) is 19.3. The van der Waals surface area contributed by atoms with E-state index < -0.39 is 0 Å².